The summed E-state index contributed by atoms with van der Waals surface area (Å²) in [6, 6.07) is 15.4. The van der Waals surface area contributed by atoms with Crippen LogP contribution < -0.4 is 10.6 Å². The highest BCUT2D eigenvalue weighted by molar-refractivity contribution is 5.87. The van der Waals surface area contributed by atoms with Crippen molar-refractivity contribution in [2.45, 2.75) is 64.0 Å². The van der Waals surface area contributed by atoms with E-state index in [0.29, 0.717) is 12.8 Å². The summed E-state index contributed by atoms with van der Waals surface area (Å²) in [5.74, 6) is -2.22. The van der Waals surface area contributed by atoms with E-state index in [1.165, 1.54) is 0 Å². The van der Waals surface area contributed by atoms with Crippen LogP contribution in [-0.2, 0) is 14.3 Å². The van der Waals surface area contributed by atoms with Gasteiger partial charge in [-0.05, 0) is 47.9 Å². The smallest absolute Gasteiger partial charge is 0.407 e. The second kappa shape index (κ2) is 10.1. The van der Waals surface area contributed by atoms with Crippen LogP contribution in [0.25, 0.3) is 11.1 Å². The summed E-state index contributed by atoms with van der Waals surface area (Å²) >= 11 is 0. The van der Waals surface area contributed by atoms with Gasteiger partial charge in [-0.2, -0.15) is 0 Å². The maximum absolute atomic E-state index is 13.2. The molecule has 2 aromatic carbocycles. The number of amides is 2. The first-order valence-corrected chi connectivity index (χ1v) is 12.4. The van der Waals surface area contributed by atoms with E-state index < -0.39 is 29.6 Å². The minimum atomic E-state index is -0.905. The third-order valence-electron chi connectivity index (χ3n) is 7.48. The number of carbonyl (C=O) groups is 3. The van der Waals surface area contributed by atoms with Crippen LogP contribution >= 0.6 is 0 Å². The van der Waals surface area contributed by atoms with Gasteiger partial charge in [0.15, 0.2) is 0 Å². The van der Waals surface area contributed by atoms with Crippen LogP contribution in [0.4, 0.5) is 4.79 Å². The molecule has 0 bridgehead atoms. The van der Waals surface area contributed by atoms with Gasteiger partial charge in [0.1, 0.15) is 12.6 Å². The molecule has 3 atom stereocenters. The number of carboxylic acids is 1. The molecule has 0 aliphatic heterocycles. The van der Waals surface area contributed by atoms with Crippen molar-refractivity contribution < 1.29 is 24.2 Å². The number of hydrogen-bond acceptors (Lipinski definition) is 4. The molecule has 35 heavy (non-hydrogen) atoms. The summed E-state index contributed by atoms with van der Waals surface area (Å²) in [5.41, 5.74) is 3.67. The molecule has 0 heterocycles. The van der Waals surface area contributed by atoms with Crippen LogP contribution in [0.5, 0.6) is 0 Å². The minimum absolute atomic E-state index is 0.0723. The number of carbonyl (C=O) groups excluding carboxylic acids is 2. The standard InChI is InChI=1S/C28H34N2O5/c1-17(2)24(25(31)30-28(3)15-9-8-14-23(28)26(32)33)29-27(34)35-16-22-20-12-6-4-10-18(20)19-11-5-7-13-21(19)22/h4-7,10-13,17,22-24H,8-9,14-16H2,1-3H3,(H,29,34)(H,30,31)(H,32,33)/t23?,24-,28?/m1/s1. The van der Waals surface area contributed by atoms with Crippen molar-refractivity contribution in [1.82, 2.24) is 10.6 Å². The average molecular weight is 479 g/mol. The summed E-state index contributed by atoms with van der Waals surface area (Å²) in [7, 11) is 0. The van der Waals surface area contributed by atoms with E-state index in [9.17, 15) is 19.5 Å². The van der Waals surface area contributed by atoms with Gasteiger partial charge in [0.2, 0.25) is 5.91 Å². The van der Waals surface area contributed by atoms with Crippen molar-refractivity contribution >= 4 is 18.0 Å². The topological polar surface area (TPSA) is 105 Å². The fourth-order valence-electron chi connectivity index (χ4n) is 5.54. The SMILES string of the molecule is CC(C)[C@@H](NC(=O)OCC1c2ccccc2-c2ccccc21)C(=O)NC1(C)CCCCC1C(=O)O. The number of benzene rings is 2. The van der Waals surface area contributed by atoms with Crippen molar-refractivity contribution in [2.24, 2.45) is 11.8 Å². The highest BCUT2D eigenvalue weighted by Crippen LogP contribution is 2.44. The normalized spacial score (nSPS) is 22.1. The Morgan fingerprint density at radius 2 is 1.63 bits per heavy atom. The monoisotopic (exact) mass is 478 g/mol. The number of hydrogen-bond donors (Lipinski definition) is 3. The lowest BCUT2D eigenvalue weighted by Gasteiger charge is -2.41. The fourth-order valence-corrected chi connectivity index (χ4v) is 5.54. The quantitative estimate of drug-likeness (QED) is 0.535. The molecule has 2 aliphatic carbocycles. The van der Waals surface area contributed by atoms with Crippen molar-refractivity contribution in [3.63, 3.8) is 0 Å². The van der Waals surface area contributed by atoms with Crippen molar-refractivity contribution in [1.29, 1.82) is 0 Å². The van der Waals surface area contributed by atoms with E-state index in [1.54, 1.807) is 6.92 Å². The zero-order valence-electron chi connectivity index (χ0n) is 20.5. The molecule has 4 rings (SSSR count). The lowest BCUT2D eigenvalue weighted by Crippen LogP contribution is -2.60. The number of carboxylic acid groups (broad SMARTS) is 1. The molecule has 0 aromatic heterocycles. The van der Waals surface area contributed by atoms with E-state index in [0.717, 1.165) is 35.1 Å². The molecule has 2 amide bonds. The van der Waals surface area contributed by atoms with Crippen LogP contribution in [0.1, 0.15) is 63.5 Å². The molecular formula is C28H34N2O5. The minimum Gasteiger partial charge on any atom is -0.481 e. The molecule has 2 aliphatic rings. The lowest BCUT2D eigenvalue weighted by atomic mass is 9.73. The molecule has 0 spiro atoms. The van der Waals surface area contributed by atoms with Crippen LogP contribution in [0.15, 0.2) is 48.5 Å². The predicted molar refractivity (Wildman–Crippen MR) is 133 cm³/mol. The summed E-state index contributed by atoms with van der Waals surface area (Å²) in [6.45, 7) is 5.62. The number of rotatable bonds is 7. The third kappa shape index (κ3) is 5.04. The van der Waals surface area contributed by atoms with Gasteiger partial charge in [-0.3, -0.25) is 9.59 Å². The van der Waals surface area contributed by atoms with Gasteiger partial charge in [0, 0.05) is 5.92 Å². The molecule has 186 valence electrons. The second-order valence-corrected chi connectivity index (χ2v) is 10.2. The maximum atomic E-state index is 13.2. The Hall–Kier alpha value is -3.35. The molecule has 3 N–H and O–H groups in total. The number of nitrogens with one attached hydrogen (secondary N) is 2. The van der Waals surface area contributed by atoms with E-state index in [1.807, 2.05) is 38.1 Å². The maximum Gasteiger partial charge on any atom is 0.407 e. The van der Waals surface area contributed by atoms with E-state index in [4.69, 9.17) is 4.74 Å². The van der Waals surface area contributed by atoms with Gasteiger partial charge in [0.25, 0.3) is 0 Å². The highest BCUT2D eigenvalue weighted by Gasteiger charge is 2.43. The first kappa shape index (κ1) is 24.8. The largest absolute Gasteiger partial charge is 0.481 e. The molecule has 0 radical (unpaired) electrons. The predicted octanol–water partition coefficient (Wildman–Crippen LogP) is 4.70. The Kier molecular flexibility index (Phi) is 7.15. The number of ether oxygens (including phenoxy) is 1. The van der Waals surface area contributed by atoms with Gasteiger partial charge in [-0.15, -0.1) is 0 Å². The Morgan fingerprint density at radius 3 is 2.20 bits per heavy atom. The lowest BCUT2D eigenvalue weighted by molar-refractivity contribution is -0.147. The summed E-state index contributed by atoms with van der Waals surface area (Å²) < 4.78 is 5.62. The fraction of sp³-hybridized carbons (Fsp3) is 0.464. The number of fused-ring (bicyclic) bond motifs is 3. The van der Waals surface area contributed by atoms with E-state index >= 15 is 0 Å². The summed E-state index contributed by atoms with van der Waals surface area (Å²) in [5, 5.41) is 15.3. The van der Waals surface area contributed by atoms with E-state index in [2.05, 4.69) is 34.9 Å². The third-order valence-corrected chi connectivity index (χ3v) is 7.48. The Labute approximate surface area is 206 Å². The van der Waals surface area contributed by atoms with E-state index in [-0.39, 0.29) is 24.3 Å². The van der Waals surface area contributed by atoms with Gasteiger partial charge >= 0.3 is 12.1 Å². The molecule has 2 unspecified atom stereocenters. The molecule has 0 saturated heterocycles. The summed E-state index contributed by atoms with van der Waals surface area (Å²) in [6.07, 6.45) is 2.13. The zero-order chi connectivity index (χ0) is 25.2. The first-order chi connectivity index (χ1) is 16.7. The van der Waals surface area contributed by atoms with Crippen LogP contribution in [0.2, 0.25) is 0 Å². The summed E-state index contributed by atoms with van der Waals surface area (Å²) in [4.78, 5) is 37.7. The van der Waals surface area contributed by atoms with Crippen LogP contribution in [-0.4, -0.2) is 41.3 Å². The first-order valence-electron chi connectivity index (χ1n) is 12.4. The van der Waals surface area contributed by atoms with Gasteiger partial charge in [0.05, 0.1) is 11.5 Å². The number of alkyl carbamates (subject to hydrolysis) is 1. The molecule has 7 nitrogen and oxygen atoms in total. The Bertz CT molecular complexity index is 1070. The molecule has 1 saturated carbocycles. The molecule has 1 fully saturated rings. The van der Waals surface area contributed by atoms with Gasteiger partial charge in [-0.1, -0.05) is 75.2 Å². The average Bonchev–Trinajstić information content (AvgIpc) is 3.14. The van der Waals surface area contributed by atoms with Crippen molar-refractivity contribution in [3.8, 4) is 11.1 Å². The Morgan fingerprint density at radius 1 is 1.03 bits per heavy atom. The van der Waals surface area contributed by atoms with Crippen molar-refractivity contribution in [2.75, 3.05) is 6.61 Å². The molecule has 2 aromatic rings. The zero-order valence-corrected chi connectivity index (χ0v) is 20.5. The van der Waals surface area contributed by atoms with Crippen LogP contribution in [0, 0.1) is 11.8 Å². The van der Waals surface area contributed by atoms with Crippen LogP contribution in [0.3, 0.4) is 0 Å². The molecule has 7 heteroatoms. The van der Waals surface area contributed by atoms with Gasteiger partial charge in [-0.25, -0.2) is 4.79 Å². The van der Waals surface area contributed by atoms with Gasteiger partial charge < -0.3 is 20.5 Å². The second-order valence-electron chi connectivity index (χ2n) is 10.2. The highest BCUT2D eigenvalue weighted by atomic mass is 16.5. The Balaban J connectivity index is 1.42. The molecular weight excluding hydrogens is 444 g/mol. The number of aliphatic carboxylic acids is 1. The van der Waals surface area contributed by atoms with Crippen molar-refractivity contribution in [3.05, 3.63) is 59.7 Å².